The van der Waals surface area contributed by atoms with Crippen LogP contribution in [0.4, 0.5) is 0 Å². The lowest BCUT2D eigenvalue weighted by Crippen LogP contribution is -1.97. The van der Waals surface area contributed by atoms with Gasteiger partial charge in [0.1, 0.15) is 5.75 Å². The molecule has 0 fully saturated rings. The number of phenols is 1. The van der Waals surface area contributed by atoms with Crippen LogP contribution in [0.5, 0.6) is 5.75 Å². The molecular weight excluding hydrogens is 282 g/mol. The largest absolute Gasteiger partial charge is 0.505 e. The van der Waals surface area contributed by atoms with E-state index in [0.29, 0.717) is 11.8 Å². The first kappa shape index (κ1) is 12.2. The quantitative estimate of drug-likeness (QED) is 0.861. The summed E-state index contributed by atoms with van der Waals surface area (Å²) in [6.45, 7) is 6.82. The second kappa shape index (κ2) is 4.18. The monoisotopic (exact) mass is 295 g/mol. The van der Waals surface area contributed by atoms with E-state index in [1.54, 1.807) is 6.07 Å². The van der Waals surface area contributed by atoms with E-state index in [1.165, 1.54) is 0 Å². The van der Waals surface area contributed by atoms with Crippen molar-refractivity contribution in [2.24, 2.45) is 0 Å². The number of nitrogens with zero attached hydrogens (tertiary/aromatic N) is 1. The predicted octanol–water partition coefficient (Wildman–Crippen LogP) is 3.56. The third kappa shape index (κ3) is 1.59. The number of rotatable bonds is 2. The molecular formula is C13H14BrNO2. The van der Waals surface area contributed by atoms with Gasteiger partial charge in [-0.1, -0.05) is 15.9 Å². The van der Waals surface area contributed by atoms with E-state index in [4.69, 9.17) is 0 Å². The molecule has 0 saturated heterocycles. The smallest absolute Gasteiger partial charge is 0.153 e. The minimum absolute atomic E-state index is 0.0660. The molecule has 2 aromatic rings. The summed E-state index contributed by atoms with van der Waals surface area (Å²) in [7, 11) is 0. The SMILES string of the molecule is CCn1c(C)c(C)c2c(Br)cc(C=O)c(O)c21. The van der Waals surface area contributed by atoms with Gasteiger partial charge in [0, 0.05) is 22.1 Å². The van der Waals surface area contributed by atoms with Gasteiger partial charge in [-0.15, -0.1) is 0 Å². The Balaban J connectivity index is 3.05. The van der Waals surface area contributed by atoms with Crippen molar-refractivity contribution in [2.45, 2.75) is 27.3 Å². The molecule has 1 aromatic heterocycles. The molecule has 0 unspecified atom stereocenters. The van der Waals surface area contributed by atoms with E-state index in [2.05, 4.69) is 15.9 Å². The topological polar surface area (TPSA) is 42.2 Å². The highest BCUT2D eigenvalue weighted by Crippen LogP contribution is 2.38. The summed E-state index contributed by atoms with van der Waals surface area (Å²) in [5.41, 5.74) is 3.29. The highest BCUT2D eigenvalue weighted by atomic mass is 79.9. The van der Waals surface area contributed by atoms with Crippen LogP contribution < -0.4 is 0 Å². The Bertz CT molecular complexity index is 614. The minimum Gasteiger partial charge on any atom is -0.505 e. The van der Waals surface area contributed by atoms with Gasteiger partial charge in [-0.3, -0.25) is 4.79 Å². The average molecular weight is 296 g/mol. The van der Waals surface area contributed by atoms with E-state index in [0.717, 1.165) is 33.2 Å². The van der Waals surface area contributed by atoms with Crippen LogP contribution in [0, 0.1) is 13.8 Å². The molecule has 90 valence electrons. The van der Waals surface area contributed by atoms with Crippen molar-refractivity contribution >= 4 is 33.1 Å². The first-order chi connectivity index (χ1) is 8.02. The van der Waals surface area contributed by atoms with Crippen LogP contribution in [-0.2, 0) is 6.54 Å². The van der Waals surface area contributed by atoms with Crippen molar-refractivity contribution in [1.29, 1.82) is 0 Å². The summed E-state index contributed by atoms with van der Waals surface area (Å²) in [6.07, 6.45) is 0.678. The first-order valence-corrected chi connectivity index (χ1v) is 6.28. The van der Waals surface area contributed by atoms with Crippen LogP contribution >= 0.6 is 15.9 Å². The lowest BCUT2D eigenvalue weighted by atomic mass is 10.1. The number of aromatic nitrogens is 1. The lowest BCUT2D eigenvalue weighted by Gasteiger charge is -2.07. The summed E-state index contributed by atoms with van der Waals surface area (Å²) in [6, 6.07) is 1.66. The van der Waals surface area contributed by atoms with Gasteiger partial charge in [-0.25, -0.2) is 0 Å². The Kier molecular flexibility index (Phi) is 3.00. The maximum Gasteiger partial charge on any atom is 0.153 e. The molecule has 17 heavy (non-hydrogen) atoms. The van der Waals surface area contributed by atoms with Crippen LogP contribution in [-0.4, -0.2) is 16.0 Å². The van der Waals surface area contributed by atoms with E-state index < -0.39 is 0 Å². The average Bonchev–Trinajstić information content (AvgIpc) is 2.57. The van der Waals surface area contributed by atoms with Gasteiger partial charge < -0.3 is 9.67 Å². The van der Waals surface area contributed by atoms with Crippen LogP contribution in [0.3, 0.4) is 0 Å². The van der Waals surface area contributed by atoms with Gasteiger partial charge in [-0.05, 0) is 32.4 Å². The van der Waals surface area contributed by atoms with Gasteiger partial charge in [0.2, 0.25) is 0 Å². The molecule has 0 amide bonds. The van der Waals surface area contributed by atoms with Crippen LogP contribution in [0.2, 0.25) is 0 Å². The predicted molar refractivity (Wildman–Crippen MR) is 71.8 cm³/mol. The molecule has 0 bridgehead atoms. The molecule has 3 nitrogen and oxygen atoms in total. The zero-order chi connectivity index (χ0) is 12.7. The minimum atomic E-state index is 0.0660. The highest BCUT2D eigenvalue weighted by molar-refractivity contribution is 9.10. The maximum atomic E-state index is 10.9. The molecule has 0 aliphatic carbocycles. The normalized spacial score (nSPS) is 11.1. The maximum absolute atomic E-state index is 10.9. The fourth-order valence-electron chi connectivity index (χ4n) is 2.30. The number of phenolic OH excluding ortho intramolecular Hbond substituents is 1. The zero-order valence-corrected chi connectivity index (χ0v) is 11.6. The molecule has 0 aliphatic heterocycles. The molecule has 0 radical (unpaired) electrons. The van der Waals surface area contributed by atoms with Gasteiger partial charge in [0.05, 0.1) is 11.1 Å². The third-order valence-corrected chi connectivity index (χ3v) is 3.92. The Labute approximate surface area is 108 Å². The molecule has 0 aliphatic rings. The van der Waals surface area contributed by atoms with Crippen molar-refractivity contribution in [1.82, 2.24) is 4.57 Å². The fraction of sp³-hybridized carbons (Fsp3) is 0.308. The molecule has 0 saturated carbocycles. The van der Waals surface area contributed by atoms with Crippen LogP contribution in [0.15, 0.2) is 10.5 Å². The fourth-order valence-corrected chi connectivity index (χ4v) is 3.03. The second-order valence-corrected chi connectivity index (χ2v) is 4.95. The Hall–Kier alpha value is -1.29. The number of halogens is 1. The summed E-state index contributed by atoms with van der Waals surface area (Å²) in [4.78, 5) is 10.9. The van der Waals surface area contributed by atoms with Gasteiger partial charge >= 0.3 is 0 Å². The standard InChI is InChI=1S/C13H14BrNO2/c1-4-15-8(3)7(2)11-10(14)5-9(6-16)13(17)12(11)15/h5-6,17H,4H2,1-3H3. The Morgan fingerprint density at radius 1 is 1.47 bits per heavy atom. The van der Waals surface area contributed by atoms with Crippen molar-refractivity contribution in [2.75, 3.05) is 0 Å². The summed E-state index contributed by atoms with van der Waals surface area (Å²) in [5, 5.41) is 11.1. The number of carbonyl (C=O) groups excluding carboxylic acids is 1. The molecule has 1 heterocycles. The van der Waals surface area contributed by atoms with E-state index >= 15 is 0 Å². The van der Waals surface area contributed by atoms with E-state index in [9.17, 15) is 9.90 Å². The summed E-state index contributed by atoms with van der Waals surface area (Å²) < 4.78 is 2.87. The van der Waals surface area contributed by atoms with Gasteiger partial charge in [-0.2, -0.15) is 0 Å². The number of benzene rings is 1. The number of hydrogen-bond donors (Lipinski definition) is 1. The number of fused-ring (bicyclic) bond motifs is 1. The van der Waals surface area contributed by atoms with Crippen LogP contribution in [0.1, 0.15) is 28.5 Å². The summed E-state index contributed by atoms with van der Waals surface area (Å²) >= 11 is 3.47. The Morgan fingerprint density at radius 3 is 2.65 bits per heavy atom. The number of hydrogen-bond acceptors (Lipinski definition) is 2. The van der Waals surface area contributed by atoms with Crippen LogP contribution in [0.25, 0.3) is 10.9 Å². The van der Waals surface area contributed by atoms with Gasteiger partial charge in [0.25, 0.3) is 0 Å². The van der Waals surface area contributed by atoms with Crippen molar-refractivity contribution < 1.29 is 9.90 Å². The summed E-state index contributed by atoms with van der Waals surface area (Å²) in [5.74, 6) is 0.0660. The van der Waals surface area contributed by atoms with E-state index in [-0.39, 0.29) is 5.75 Å². The Morgan fingerprint density at radius 2 is 2.12 bits per heavy atom. The van der Waals surface area contributed by atoms with E-state index in [1.807, 2.05) is 25.3 Å². The third-order valence-electron chi connectivity index (χ3n) is 3.29. The number of aldehydes is 1. The molecule has 0 spiro atoms. The number of aromatic hydroxyl groups is 1. The molecule has 4 heteroatoms. The molecule has 1 aromatic carbocycles. The van der Waals surface area contributed by atoms with Crippen molar-refractivity contribution in [3.63, 3.8) is 0 Å². The van der Waals surface area contributed by atoms with Crippen molar-refractivity contribution in [3.8, 4) is 5.75 Å². The highest BCUT2D eigenvalue weighted by Gasteiger charge is 2.18. The van der Waals surface area contributed by atoms with Gasteiger partial charge in [0.15, 0.2) is 6.29 Å². The first-order valence-electron chi connectivity index (χ1n) is 5.48. The lowest BCUT2D eigenvalue weighted by molar-refractivity contribution is 0.112. The number of aryl methyl sites for hydroxylation is 2. The molecule has 1 N–H and O–H groups in total. The second-order valence-electron chi connectivity index (χ2n) is 4.09. The van der Waals surface area contributed by atoms with Crippen molar-refractivity contribution in [3.05, 3.63) is 27.4 Å². The zero-order valence-electron chi connectivity index (χ0n) is 10.0. The number of carbonyl (C=O) groups is 1. The molecule has 2 rings (SSSR count). The molecule has 0 atom stereocenters.